The van der Waals surface area contributed by atoms with Crippen LogP contribution in [0.5, 0.6) is 5.75 Å². The van der Waals surface area contributed by atoms with Crippen molar-refractivity contribution >= 4 is 11.1 Å². The van der Waals surface area contributed by atoms with Crippen LogP contribution >= 0.6 is 0 Å². The van der Waals surface area contributed by atoms with Gasteiger partial charge in [-0.25, -0.2) is 4.98 Å². The summed E-state index contributed by atoms with van der Waals surface area (Å²) in [5, 5.41) is 0. The van der Waals surface area contributed by atoms with Crippen molar-refractivity contribution in [3.8, 4) is 5.75 Å². The molecule has 0 bridgehead atoms. The van der Waals surface area contributed by atoms with Gasteiger partial charge < -0.3 is 14.9 Å². The second-order valence-electron chi connectivity index (χ2n) is 4.27. The number of methoxy groups -OCH3 is 1. The standard InChI is InChI=1S/C13H18N2O2/c1-4-8(2)11(14)13-15-12-9(16-3)6-5-7-10(12)17-13/h5-8,11H,4,14H2,1-3H3. The van der Waals surface area contributed by atoms with Crippen LogP contribution in [0.15, 0.2) is 22.6 Å². The van der Waals surface area contributed by atoms with Gasteiger partial charge in [-0.2, -0.15) is 0 Å². The van der Waals surface area contributed by atoms with Crippen LogP contribution in [0.4, 0.5) is 0 Å². The van der Waals surface area contributed by atoms with Crippen LogP contribution in [0.25, 0.3) is 11.1 Å². The maximum atomic E-state index is 6.11. The van der Waals surface area contributed by atoms with E-state index in [9.17, 15) is 0 Å². The van der Waals surface area contributed by atoms with Gasteiger partial charge in [-0.3, -0.25) is 0 Å². The minimum absolute atomic E-state index is 0.169. The Hall–Kier alpha value is -1.55. The summed E-state index contributed by atoms with van der Waals surface area (Å²) in [7, 11) is 1.62. The summed E-state index contributed by atoms with van der Waals surface area (Å²) in [6.45, 7) is 4.20. The van der Waals surface area contributed by atoms with Crippen LogP contribution in [-0.2, 0) is 0 Å². The van der Waals surface area contributed by atoms with E-state index in [4.69, 9.17) is 14.9 Å². The highest BCUT2D eigenvalue weighted by Gasteiger charge is 2.20. The number of para-hydroxylation sites is 1. The van der Waals surface area contributed by atoms with E-state index < -0.39 is 0 Å². The van der Waals surface area contributed by atoms with Gasteiger partial charge in [0.2, 0.25) is 5.89 Å². The third-order valence-electron chi connectivity index (χ3n) is 3.16. The second kappa shape index (κ2) is 4.75. The number of fused-ring (bicyclic) bond motifs is 1. The number of rotatable bonds is 4. The minimum atomic E-state index is -0.169. The van der Waals surface area contributed by atoms with Gasteiger partial charge in [0.05, 0.1) is 13.2 Å². The van der Waals surface area contributed by atoms with Gasteiger partial charge in [-0.05, 0) is 18.1 Å². The maximum absolute atomic E-state index is 6.11. The molecular weight excluding hydrogens is 216 g/mol. The van der Waals surface area contributed by atoms with Crippen molar-refractivity contribution in [1.29, 1.82) is 0 Å². The highest BCUT2D eigenvalue weighted by molar-refractivity contribution is 5.79. The second-order valence-corrected chi connectivity index (χ2v) is 4.27. The van der Waals surface area contributed by atoms with Crippen molar-refractivity contribution in [3.63, 3.8) is 0 Å². The van der Waals surface area contributed by atoms with E-state index in [-0.39, 0.29) is 6.04 Å². The smallest absolute Gasteiger partial charge is 0.212 e. The van der Waals surface area contributed by atoms with E-state index >= 15 is 0 Å². The molecule has 2 rings (SSSR count). The Bertz CT molecular complexity index is 507. The molecule has 0 radical (unpaired) electrons. The molecule has 1 heterocycles. The van der Waals surface area contributed by atoms with Gasteiger partial charge in [0.1, 0.15) is 5.75 Å². The molecule has 0 aliphatic rings. The van der Waals surface area contributed by atoms with E-state index in [1.54, 1.807) is 7.11 Å². The van der Waals surface area contributed by atoms with Crippen molar-refractivity contribution in [1.82, 2.24) is 4.98 Å². The lowest BCUT2D eigenvalue weighted by molar-refractivity contribution is 0.375. The van der Waals surface area contributed by atoms with Crippen LogP contribution in [-0.4, -0.2) is 12.1 Å². The number of hydrogen-bond donors (Lipinski definition) is 1. The predicted octanol–water partition coefficient (Wildman–Crippen LogP) is 2.88. The normalized spacial score (nSPS) is 14.8. The SMILES string of the molecule is CCC(C)C(N)c1nc2c(OC)cccc2o1. The van der Waals surface area contributed by atoms with Crippen molar-refractivity contribution in [2.45, 2.75) is 26.3 Å². The van der Waals surface area contributed by atoms with E-state index in [1.165, 1.54) is 0 Å². The topological polar surface area (TPSA) is 61.3 Å². The number of benzene rings is 1. The predicted molar refractivity (Wildman–Crippen MR) is 66.9 cm³/mol. The zero-order chi connectivity index (χ0) is 12.4. The average Bonchev–Trinajstić information content (AvgIpc) is 2.80. The lowest BCUT2D eigenvalue weighted by Gasteiger charge is -2.13. The number of hydrogen-bond acceptors (Lipinski definition) is 4. The van der Waals surface area contributed by atoms with Crippen LogP contribution in [0.3, 0.4) is 0 Å². The van der Waals surface area contributed by atoms with Crippen LogP contribution < -0.4 is 10.5 Å². The van der Waals surface area contributed by atoms with Crippen LogP contribution in [0.1, 0.15) is 32.2 Å². The van der Waals surface area contributed by atoms with E-state index in [2.05, 4.69) is 18.8 Å². The molecule has 0 amide bonds. The monoisotopic (exact) mass is 234 g/mol. The Morgan fingerprint density at radius 1 is 1.47 bits per heavy atom. The van der Waals surface area contributed by atoms with Crippen molar-refractivity contribution in [2.24, 2.45) is 11.7 Å². The van der Waals surface area contributed by atoms with Gasteiger partial charge in [0, 0.05) is 0 Å². The molecule has 0 aliphatic carbocycles. The molecule has 0 fully saturated rings. The lowest BCUT2D eigenvalue weighted by Crippen LogP contribution is -2.18. The number of oxazole rings is 1. The van der Waals surface area contributed by atoms with Gasteiger partial charge in [0.25, 0.3) is 0 Å². The van der Waals surface area contributed by atoms with Gasteiger partial charge >= 0.3 is 0 Å². The molecule has 2 N–H and O–H groups in total. The number of nitrogens with zero attached hydrogens (tertiary/aromatic N) is 1. The molecule has 92 valence electrons. The third-order valence-corrected chi connectivity index (χ3v) is 3.16. The number of ether oxygens (including phenoxy) is 1. The Morgan fingerprint density at radius 3 is 2.88 bits per heavy atom. The van der Waals surface area contributed by atoms with E-state index in [0.29, 0.717) is 17.6 Å². The summed E-state index contributed by atoms with van der Waals surface area (Å²) < 4.78 is 10.9. The molecule has 1 aromatic carbocycles. The van der Waals surface area contributed by atoms with Crippen LogP contribution in [0.2, 0.25) is 0 Å². The third kappa shape index (κ3) is 2.13. The zero-order valence-corrected chi connectivity index (χ0v) is 10.4. The van der Waals surface area contributed by atoms with Crippen LogP contribution in [0, 0.1) is 5.92 Å². The first-order valence-electron chi connectivity index (χ1n) is 5.86. The fourth-order valence-corrected chi connectivity index (χ4v) is 1.75. The molecule has 4 heteroatoms. The molecule has 0 spiro atoms. The molecule has 0 saturated carbocycles. The van der Waals surface area contributed by atoms with Crippen molar-refractivity contribution in [3.05, 3.63) is 24.1 Å². The Balaban J connectivity index is 2.44. The minimum Gasteiger partial charge on any atom is -0.494 e. The fourth-order valence-electron chi connectivity index (χ4n) is 1.75. The first-order valence-corrected chi connectivity index (χ1v) is 5.86. The summed E-state index contributed by atoms with van der Waals surface area (Å²) in [5.74, 6) is 1.64. The molecule has 0 aliphatic heterocycles. The van der Waals surface area contributed by atoms with Gasteiger partial charge in [0.15, 0.2) is 11.1 Å². The molecule has 2 atom stereocenters. The van der Waals surface area contributed by atoms with Gasteiger partial charge in [-0.1, -0.05) is 26.3 Å². The van der Waals surface area contributed by atoms with Crippen molar-refractivity contribution in [2.75, 3.05) is 7.11 Å². The summed E-state index contributed by atoms with van der Waals surface area (Å²) in [4.78, 5) is 4.44. The first-order chi connectivity index (χ1) is 8.17. The summed E-state index contributed by atoms with van der Waals surface area (Å²) in [6, 6.07) is 5.45. The summed E-state index contributed by atoms with van der Waals surface area (Å²) >= 11 is 0. The van der Waals surface area contributed by atoms with Gasteiger partial charge in [-0.15, -0.1) is 0 Å². The summed E-state index contributed by atoms with van der Waals surface area (Å²) in [6.07, 6.45) is 0.997. The Morgan fingerprint density at radius 2 is 2.24 bits per heavy atom. The molecule has 17 heavy (non-hydrogen) atoms. The van der Waals surface area contributed by atoms with E-state index in [1.807, 2.05) is 18.2 Å². The summed E-state index contributed by atoms with van der Waals surface area (Å²) in [5.41, 5.74) is 7.57. The van der Waals surface area contributed by atoms with E-state index in [0.717, 1.165) is 17.5 Å². The molecule has 2 unspecified atom stereocenters. The lowest BCUT2D eigenvalue weighted by atomic mass is 10.0. The maximum Gasteiger partial charge on any atom is 0.212 e. The zero-order valence-electron chi connectivity index (χ0n) is 10.4. The largest absolute Gasteiger partial charge is 0.494 e. The number of aromatic nitrogens is 1. The molecular formula is C13H18N2O2. The molecule has 4 nitrogen and oxygen atoms in total. The average molecular weight is 234 g/mol. The fraction of sp³-hybridized carbons (Fsp3) is 0.462. The molecule has 2 aromatic rings. The first kappa shape index (κ1) is 11.9. The molecule has 1 aromatic heterocycles. The van der Waals surface area contributed by atoms with Crippen molar-refractivity contribution < 1.29 is 9.15 Å². The Kier molecular flexibility index (Phi) is 3.33. The quantitative estimate of drug-likeness (QED) is 0.883. The number of nitrogens with two attached hydrogens (primary N) is 1. The molecule has 0 saturated heterocycles. The highest BCUT2D eigenvalue weighted by Crippen LogP contribution is 2.29. The Labute approximate surface area is 101 Å². The highest BCUT2D eigenvalue weighted by atomic mass is 16.5.